The van der Waals surface area contributed by atoms with Crippen molar-refractivity contribution >= 4 is 6.29 Å². The van der Waals surface area contributed by atoms with Crippen LogP contribution in [0.1, 0.15) is 41.2 Å². The summed E-state index contributed by atoms with van der Waals surface area (Å²) >= 11 is 0. The van der Waals surface area contributed by atoms with Crippen LogP contribution in [0.15, 0.2) is 0 Å². The maximum atomic E-state index is 10.8. The first-order chi connectivity index (χ1) is 7.63. The molecule has 0 atom stereocenters. The molecular weight excluding hydrogens is 200 g/mol. The van der Waals surface area contributed by atoms with Crippen molar-refractivity contribution in [2.24, 2.45) is 0 Å². The van der Waals surface area contributed by atoms with Gasteiger partial charge in [-0.05, 0) is 44.5 Å². The average Bonchev–Trinajstić information content (AvgIpc) is 2.56. The van der Waals surface area contributed by atoms with Crippen molar-refractivity contribution in [2.75, 3.05) is 19.6 Å². The summed E-state index contributed by atoms with van der Waals surface area (Å²) in [6.45, 7) is 11.6. The van der Waals surface area contributed by atoms with Crippen LogP contribution in [0.2, 0.25) is 0 Å². The largest absolute Gasteiger partial charge is 0.356 e. The fourth-order valence-electron chi connectivity index (χ4n) is 2.12. The van der Waals surface area contributed by atoms with E-state index in [2.05, 4.69) is 23.7 Å². The zero-order valence-corrected chi connectivity index (χ0v) is 10.8. The molecule has 0 saturated heterocycles. The van der Waals surface area contributed by atoms with E-state index in [1.54, 1.807) is 0 Å². The SMILES string of the molecule is CCN(CC)CCc1c(C)[nH]c(C=O)c1C. The van der Waals surface area contributed by atoms with E-state index in [-0.39, 0.29) is 0 Å². The summed E-state index contributed by atoms with van der Waals surface area (Å²) < 4.78 is 0. The van der Waals surface area contributed by atoms with E-state index < -0.39 is 0 Å². The lowest BCUT2D eigenvalue weighted by molar-refractivity contribution is 0.111. The third kappa shape index (κ3) is 2.73. The van der Waals surface area contributed by atoms with Gasteiger partial charge in [0.15, 0.2) is 6.29 Å². The molecule has 0 saturated carbocycles. The van der Waals surface area contributed by atoms with E-state index in [0.717, 1.165) is 49.3 Å². The van der Waals surface area contributed by atoms with Gasteiger partial charge in [0.05, 0.1) is 5.69 Å². The molecule has 0 spiro atoms. The molecule has 0 aromatic carbocycles. The third-order valence-electron chi connectivity index (χ3n) is 3.32. The van der Waals surface area contributed by atoms with Gasteiger partial charge in [0, 0.05) is 12.2 Å². The Hall–Kier alpha value is -1.09. The van der Waals surface area contributed by atoms with E-state index in [1.165, 1.54) is 5.56 Å². The quantitative estimate of drug-likeness (QED) is 0.750. The van der Waals surface area contributed by atoms with Gasteiger partial charge in [0.25, 0.3) is 0 Å². The molecule has 0 unspecified atom stereocenters. The molecule has 90 valence electrons. The number of nitrogens with zero attached hydrogens (tertiary/aromatic N) is 1. The van der Waals surface area contributed by atoms with Crippen molar-refractivity contribution in [3.05, 3.63) is 22.5 Å². The van der Waals surface area contributed by atoms with E-state index in [9.17, 15) is 4.79 Å². The fourth-order valence-corrected chi connectivity index (χ4v) is 2.12. The maximum absolute atomic E-state index is 10.8. The standard InChI is InChI=1S/C13H22N2O/c1-5-15(6-2)8-7-12-10(3)13(9-16)14-11(12)4/h9,14H,5-8H2,1-4H3. The monoisotopic (exact) mass is 222 g/mol. The predicted octanol–water partition coefficient (Wildman–Crippen LogP) is 2.33. The van der Waals surface area contributed by atoms with Gasteiger partial charge in [-0.15, -0.1) is 0 Å². The number of likely N-dealkylation sites (N-methyl/N-ethyl adjacent to an activating group) is 1. The molecule has 0 fully saturated rings. The maximum Gasteiger partial charge on any atom is 0.166 e. The summed E-state index contributed by atoms with van der Waals surface area (Å²) in [4.78, 5) is 16.3. The number of aromatic amines is 1. The van der Waals surface area contributed by atoms with Crippen molar-refractivity contribution in [3.8, 4) is 0 Å². The minimum absolute atomic E-state index is 0.729. The molecule has 0 amide bonds. The lowest BCUT2D eigenvalue weighted by Gasteiger charge is -2.17. The second-order valence-corrected chi connectivity index (χ2v) is 4.16. The van der Waals surface area contributed by atoms with E-state index in [4.69, 9.17) is 0 Å². The van der Waals surface area contributed by atoms with Gasteiger partial charge in [0.2, 0.25) is 0 Å². The highest BCUT2D eigenvalue weighted by Crippen LogP contribution is 2.17. The Bertz CT molecular complexity index is 351. The van der Waals surface area contributed by atoms with Crippen molar-refractivity contribution in [1.82, 2.24) is 9.88 Å². The van der Waals surface area contributed by atoms with Gasteiger partial charge in [-0.25, -0.2) is 0 Å². The van der Waals surface area contributed by atoms with E-state index >= 15 is 0 Å². The number of carbonyl (C=O) groups excluding carboxylic acids is 1. The molecule has 16 heavy (non-hydrogen) atoms. The van der Waals surface area contributed by atoms with Crippen molar-refractivity contribution in [3.63, 3.8) is 0 Å². The fraction of sp³-hybridized carbons (Fsp3) is 0.615. The molecule has 0 bridgehead atoms. The Morgan fingerprint density at radius 1 is 1.25 bits per heavy atom. The second kappa shape index (κ2) is 5.85. The van der Waals surface area contributed by atoms with Crippen LogP contribution in [-0.4, -0.2) is 35.8 Å². The summed E-state index contributed by atoms with van der Waals surface area (Å²) in [6, 6.07) is 0. The second-order valence-electron chi connectivity index (χ2n) is 4.16. The molecule has 1 heterocycles. The summed E-state index contributed by atoms with van der Waals surface area (Å²) in [7, 11) is 0. The number of nitrogens with one attached hydrogen (secondary N) is 1. The number of aromatic nitrogens is 1. The van der Waals surface area contributed by atoms with Crippen LogP contribution in [0.4, 0.5) is 0 Å². The molecule has 1 rings (SSSR count). The van der Waals surface area contributed by atoms with Crippen LogP contribution >= 0.6 is 0 Å². The third-order valence-corrected chi connectivity index (χ3v) is 3.32. The van der Waals surface area contributed by atoms with Crippen LogP contribution in [0.25, 0.3) is 0 Å². The van der Waals surface area contributed by atoms with Gasteiger partial charge in [-0.3, -0.25) is 4.79 Å². The highest BCUT2D eigenvalue weighted by molar-refractivity contribution is 5.75. The molecule has 1 N–H and O–H groups in total. The van der Waals surface area contributed by atoms with Gasteiger partial charge >= 0.3 is 0 Å². The molecule has 1 aromatic heterocycles. The zero-order chi connectivity index (χ0) is 12.1. The summed E-state index contributed by atoms with van der Waals surface area (Å²) in [5, 5.41) is 0. The van der Waals surface area contributed by atoms with Crippen LogP contribution in [0, 0.1) is 13.8 Å². The minimum atomic E-state index is 0.729. The predicted molar refractivity (Wildman–Crippen MR) is 67.1 cm³/mol. The molecule has 3 nitrogen and oxygen atoms in total. The topological polar surface area (TPSA) is 36.1 Å². The molecule has 0 radical (unpaired) electrons. The number of hydrogen-bond acceptors (Lipinski definition) is 2. The number of H-pyrrole nitrogens is 1. The Kier molecular flexibility index (Phi) is 4.74. The Balaban J connectivity index is 2.73. The van der Waals surface area contributed by atoms with Crippen LogP contribution in [0.5, 0.6) is 0 Å². The Morgan fingerprint density at radius 2 is 1.88 bits per heavy atom. The summed E-state index contributed by atoms with van der Waals surface area (Å²) in [5.74, 6) is 0. The lowest BCUT2D eigenvalue weighted by Crippen LogP contribution is -2.25. The Morgan fingerprint density at radius 3 is 2.31 bits per heavy atom. The number of aldehydes is 1. The van der Waals surface area contributed by atoms with Crippen LogP contribution in [-0.2, 0) is 6.42 Å². The van der Waals surface area contributed by atoms with Crippen LogP contribution in [0.3, 0.4) is 0 Å². The van der Waals surface area contributed by atoms with Crippen molar-refractivity contribution in [2.45, 2.75) is 34.1 Å². The first-order valence-electron chi connectivity index (χ1n) is 5.99. The number of rotatable bonds is 6. The zero-order valence-electron chi connectivity index (χ0n) is 10.8. The van der Waals surface area contributed by atoms with Gasteiger partial charge in [-0.1, -0.05) is 13.8 Å². The number of hydrogen-bond donors (Lipinski definition) is 1. The first kappa shape index (κ1) is 13.0. The van der Waals surface area contributed by atoms with Crippen LogP contribution < -0.4 is 0 Å². The van der Waals surface area contributed by atoms with Crippen molar-refractivity contribution < 1.29 is 4.79 Å². The van der Waals surface area contributed by atoms with E-state index in [0.29, 0.717) is 0 Å². The molecular formula is C13H22N2O. The average molecular weight is 222 g/mol. The van der Waals surface area contributed by atoms with E-state index in [1.807, 2.05) is 13.8 Å². The van der Waals surface area contributed by atoms with Gasteiger partial charge in [0.1, 0.15) is 0 Å². The van der Waals surface area contributed by atoms with Gasteiger partial charge in [-0.2, -0.15) is 0 Å². The molecule has 0 aliphatic rings. The Labute approximate surface area is 97.8 Å². The first-order valence-corrected chi connectivity index (χ1v) is 5.99. The number of aryl methyl sites for hydroxylation is 1. The normalized spacial score (nSPS) is 11.1. The summed E-state index contributed by atoms with van der Waals surface area (Å²) in [6.07, 6.45) is 1.92. The molecule has 3 heteroatoms. The number of carbonyl (C=O) groups is 1. The molecule has 0 aliphatic heterocycles. The van der Waals surface area contributed by atoms with Crippen molar-refractivity contribution in [1.29, 1.82) is 0 Å². The highest BCUT2D eigenvalue weighted by atomic mass is 16.1. The molecule has 1 aromatic rings. The lowest BCUT2D eigenvalue weighted by atomic mass is 10.1. The minimum Gasteiger partial charge on any atom is -0.356 e. The molecule has 0 aliphatic carbocycles. The highest BCUT2D eigenvalue weighted by Gasteiger charge is 2.11. The summed E-state index contributed by atoms with van der Waals surface area (Å²) in [5.41, 5.74) is 4.27. The van der Waals surface area contributed by atoms with Gasteiger partial charge < -0.3 is 9.88 Å². The smallest absolute Gasteiger partial charge is 0.166 e.